The molecular weight excluding hydrogens is 450 g/mol. The van der Waals surface area contributed by atoms with Crippen LogP contribution in [0.15, 0.2) is 78.9 Å². The number of nitrogens with zero attached hydrogens (tertiary/aromatic N) is 3. The van der Waals surface area contributed by atoms with Gasteiger partial charge in [-0.05, 0) is 77.3 Å². The molecule has 0 saturated carbocycles. The SMILES string of the molecule is CC/C(=C(/c1ccc(/C=C/C(=O)O)cc1)c1ccc2c(c1)nnn2C1CCCCO1)c1ccccc1. The van der Waals surface area contributed by atoms with E-state index in [4.69, 9.17) is 9.84 Å². The number of ether oxygens (including phenoxy) is 1. The summed E-state index contributed by atoms with van der Waals surface area (Å²) in [6.07, 6.45) is 6.71. The molecule has 0 bridgehead atoms. The average molecular weight is 480 g/mol. The van der Waals surface area contributed by atoms with Crippen molar-refractivity contribution in [2.24, 2.45) is 0 Å². The normalized spacial score (nSPS) is 16.9. The van der Waals surface area contributed by atoms with Gasteiger partial charge in [0.2, 0.25) is 0 Å². The minimum Gasteiger partial charge on any atom is -0.478 e. The summed E-state index contributed by atoms with van der Waals surface area (Å²) in [5.41, 5.74) is 8.29. The van der Waals surface area contributed by atoms with E-state index in [0.717, 1.165) is 71.7 Å². The molecule has 1 N–H and O–H groups in total. The lowest BCUT2D eigenvalue weighted by molar-refractivity contribution is -0.131. The molecule has 1 unspecified atom stereocenters. The van der Waals surface area contributed by atoms with Crippen LogP contribution in [0.1, 0.15) is 61.1 Å². The third-order valence-corrected chi connectivity index (χ3v) is 6.58. The molecule has 2 heterocycles. The molecule has 0 amide bonds. The lowest BCUT2D eigenvalue weighted by atomic mass is 9.87. The largest absolute Gasteiger partial charge is 0.478 e. The van der Waals surface area contributed by atoms with E-state index in [2.05, 4.69) is 59.7 Å². The van der Waals surface area contributed by atoms with Gasteiger partial charge in [0.1, 0.15) is 5.52 Å². The van der Waals surface area contributed by atoms with Crippen molar-refractivity contribution in [3.8, 4) is 0 Å². The van der Waals surface area contributed by atoms with Crippen molar-refractivity contribution >= 4 is 34.2 Å². The van der Waals surface area contributed by atoms with Crippen molar-refractivity contribution in [1.82, 2.24) is 15.0 Å². The number of hydrogen-bond donors (Lipinski definition) is 1. The number of aromatic nitrogens is 3. The van der Waals surface area contributed by atoms with Crippen LogP contribution in [-0.2, 0) is 9.53 Å². The second kappa shape index (κ2) is 10.7. The number of benzene rings is 3. The van der Waals surface area contributed by atoms with Crippen LogP contribution in [0, 0.1) is 0 Å². The molecule has 1 fully saturated rings. The molecule has 5 rings (SSSR count). The monoisotopic (exact) mass is 479 g/mol. The van der Waals surface area contributed by atoms with E-state index in [0.29, 0.717) is 0 Å². The minimum atomic E-state index is -0.961. The lowest BCUT2D eigenvalue weighted by Crippen LogP contribution is -2.19. The van der Waals surface area contributed by atoms with Gasteiger partial charge in [-0.3, -0.25) is 0 Å². The molecule has 1 atom stereocenters. The molecule has 0 radical (unpaired) electrons. The minimum absolute atomic E-state index is 0.0634. The van der Waals surface area contributed by atoms with Crippen LogP contribution in [-0.4, -0.2) is 32.7 Å². The van der Waals surface area contributed by atoms with E-state index in [1.54, 1.807) is 6.08 Å². The first-order valence-electron chi connectivity index (χ1n) is 12.4. The van der Waals surface area contributed by atoms with Gasteiger partial charge < -0.3 is 9.84 Å². The van der Waals surface area contributed by atoms with Gasteiger partial charge in [0.25, 0.3) is 0 Å². The van der Waals surface area contributed by atoms with Gasteiger partial charge in [-0.2, -0.15) is 0 Å². The Morgan fingerprint density at radius 2 is 1.81 bits per heavy atom. The van der Waals surface area contributed by atoms with Crippen molar-refractivity contribution in [3.63, 3.8) is 0 Å². The smallest absolute Gasteiger partial charge is 0.328 e. The maximum Gasteiger partial charge on any atom is 0.328 e. The number of carboxylic acids is 1. The lowest BCUT2D eigenvalue weighted by Gasteiger charge is -2.22. The summed E-state index contributed by atoms with van der Waals surface area (Å²) in [7, 11) is 0. The summed E-state index contributed by atoms with van der Waals surface area (Å²) in [5, 5.41) is 17.9. The summed E-state index contributed by atoms with van der Waals surface area (Å²) >= 11 is 0. The molecule has 0 spiro atoms. The highest BCUT2D eigenvalue weighted by Gasteiger charge is 2.20. The zero-order valence-electron chi connectivity index (χ0n) is 20.3. The fraction of sp³-hybridized carbons (Fsp3) is 0.233. The first-order chi connectivity index (χ1) is 17.6. The Balaban J connectivity index is 1.62. The highest BCUT2D eigenvalue weighted by Crippen LogP contribution is 2.36. The van der Waals surface area contributed by atoms with Gasteiger partial charge in [0, 0.05) is 12.7 Å². The van der Waals surface area contributed by atoms with Gasteiger partial charge in [-0.1, -0.05) is 72.8 Å². The second-order valence-electron chi connectivity index (χ2n) is 8.93. The molecule has 1 saturated heterocycles. The standard InChI is InChI=1S/C30H29N3O3/c1-2-25(22-8-4-3-5-9-22)30(23-14-11-21(12-15-23)13-18-29(34)35)24-16-17-27-26(20-24)31-32-33(27)28-10-6-7-19-36-28/h3-5,8-9,11-18,20,28H,2,6-7,10,19H2,1H3,(H,34,35)/b18-13+,30-25+. The van der Waals surface area contributed by atoms with Crippen LogP contribution in [0.4, 0.5) is 0 Å². The van der Waals surface area contributed by atoms with Crippen molar-refractivity contribution < 1.29 is 14.6 Å². The maximum absolute atomic E-state index is 10.9. The van der Waals surface area contributed by atoms with E-state index in [1.807, 2.05) is 35.0 Å². The zero-order valence-corrected chi connectivity index (χ0v) is 20.3. The summed E-state index contributed by atoms with van der Waals surface area (Å²) in [4.78, 5) is 10.9. The van der Waals surface area contributed by atoms with Crippen LogP contribution in [0.3, 0.4) is 0 Å². The molecule has 0 aliphatic carbocycles. The first-order valence-corrected chi connectivity index (χ1v) is 12.4. The first kappa shape index (κ1) is 23.7. The van der Waals surface area contributed by atoms with Gasteiger partial charge >= 0.3 is 5.97 Å². The molecule has 3 aromatic carbocycles. The number of carbonyl (C=O) groups is 1. The number of allylic oxidation sites excluding steroid dienone is 1. The number of fused-ring (bicyclic) bond motifs is 1. The van der Waals surface area contributed by atoms with Crippen molar-refractivity contribution in [2.75, 3.05) is 6.61 Å². The third-order valence-electron chi connectivity index (χ3n) is 6.58. The molecule has 36 heavy (non-hydrogen) atoms. The van der Waals surface area contributed by atoms with E-state index >= 15 is 0 Å². The number of aliphatic carboxylic acids is 1. The number of rotatable bonds is 7. The van der Waals surface area contributed by atoms with Crippen LogP contribution >= 0.6 is 0 Å². The van der Waals surface area contributed by atoms with Crippen molar-refractivity contribution in [1.29, 1.82) is 0 Å². The Hall–Kier alpha value is -4.03. The van der Waals surface area contributed by atoms with Crippen LogP contribution < -0.4 is 0 Å². The van der Waals surface area contributed by atoms with Crippen molar-refractivity contribution in [3.05, 3.63) is 101 Å². The maximum atomic E-state index is 10.9. The number of carboxylic acid groups (broad SMARTS) is 1. The summed E-state index contributed by atoms with van der Waals surface area (Å²) in [6, 6.07) is 24.7. The van der Waals surface area contributed by atoms with Gasteiger partial charge in [0.05, 0.1) is 5.52 Å². The average Bonchev–Trinajstić information content (AvgIpc) is 3.35. The van der Waals surface area contributed by atoms with Crippen LogP contribution in [0.25, 0.3) is 28.3 Å². The van der Waals surface area contributed by atoms with E-state index in [-0.39, 0.29) is 6.23 Å². The van der Waals surface area contributed by atoms with Crippen LogP contribution in [0.5, 0.6) is 0 Å². The molecule has 4 aromatic rings. The second-order valence-corrected chi connectivity index (χ2v) is 8.93. The van der Waals surface area contributed by atoms with E-state index < -0.39 is 5.97 Å². The van der Waals surface area contributed by atoms with Crippen molar-refractivity contribution in [2.45, 2.75) is 38.8 Å². The Morgan fingerprint density at radius 3 is 2.50 bits per heavy atom. The van der Waals surface area contributed by atoms with Gasteiger partial charge in [-0.25, -0.2) is 9.48 Å². The Labute approximate surface area is 210 Å². The van der Waals surface area contributed by atoms with Gasteiger partial charge in [-0.15, -0.1) is 5.10 Å². The molecular formula is C30H29N3O3. The summed E-state index contributed by atoms with van der Waals surface area (Å²) in [6.45, 7) is 2.92. The fourth-order valence-electron chi connectivity index (χ4n) is 4.83. The summed E-state index contributed by atoms with van der Waals surface area (Å²) < 4.78 is 7.85. The topological polar surface area (TPSA) is 77.2 Å². The number of hydrogen-bond acceptors (Lipinski definition) is 4. The van der Waals surface area contributed by atoms with Crippen LogP contribution in [0.2, 0.25) is 0 Å². The predicted octanol–water partition coefficient (Wildman–Crippen LogP) is 6.60. The highest BCUT2D eigenvalue weighted by atomic mass is 16.5. The van der Waals surface area contributed by atoms with Gasteiger partial charge in [0.15, 0.2) is 6.23 Å². The van der Waals surface area contributed by atoms with E-state index in [9.17, 15) is 4.79 Å². The fourth-order valence-corrected chi connectivity index (χ4v) is 4.83. The molecule has 1 aromatic heterocycles. The predicted molar refractivity (Wildman–Crippen MR) is 142 cm³/mol. The van der Waals surface area contributed by atoms with E-state index in [1.165, 1.54) is 11.1 Å². The molecule has 1 aliphatic heterocycles. The quantitative estimate of drug-likeness (QED) is 0.239. The third kappa shape index (κ3) is 4.99. The highest BCUT2D eigenvalue weighted by molar-refractivity contribution is 6.00. The Morgan fingerprint density at radius 1 is 1.03 bits per heavy atom. The molecule has 1 aliphatic rings. The Bertz CT molecular complexity index is 1410. The molecule has 182 valence electrons. The molecule has 6 heteroatoms. The summed E-state index contributed by atoms with van der Waals surface area (Å²) in [5.74, 6) is -0.961. The molecule has 6 nitrogen and oxygen atoms in total. The Kier molecular flexibility index (Phi) is 7.05. The zero-order chi connectivity index (χ0) is 24.9.